The highest BCUT2D eigenvalue weighted by Gasteiger charge is 2.12. The number of likely N-dealkylation sites (tertiary alicyclic amines) is 1. The van der Waals surface area contributed by atoms with Crippen molar-refractivity contribution < 1.29 is 0 Å². The molecule has 0 aromatic heterocycles. The first kappa shape index (κ1) is 12.4. The average Bonchev–Trinajstić information content (AvgIpc) is 2.68. The topological polar surface area (TPSA) is 15.3 Å². The van der Waals surface area contributed by atoms with Crippen molar-refractivity contribution in [2.45, 2.75) is 63.8 Å². The van der Waals surface area contributed by atoms with Crippen molar-refractivity contribution in [2.24, 2.45) is 0 Å². The fourth-order valence-electron chi connectivity index (χ4n) is 3.10. The predicted octanol–water partition coefficient (Wildman–Crippen LogP) is 2.78. The summed E-state index contributed by atoms with van der Waals surface area (Å²) < 4.78 is 0. The molecule has 0 radical (unpaired) electrons. The Bertz CT molecular complexity index is 168. The number of nitrogens with one attached hydrogen (secondary N) is 1. The highest BCUT2D eigenvalue weighted by molar-refractivity contribution is 4.71. The summed E-state index contributed by atoms with van der Waals surface area (Å²) in [7, 11) is 0. The van der Waals surface area contributed by atoms with Crippen LogP contribution in [0.1, 0.15) is 57.8 Å². The van der Waals surface area contributed by atoms with Gasteiger partial charge in [-0.2, -0.15) is 0 Å². The fourth-order valence-corrected chi connectivity index (χ4v) is 3.10. The third-order valence-electron chi connectivity index (χ3n) is 4.14. The molecule has 2 rings (SSSR count). The van der Waals surface area contributed by atoms with Crippen molar-refractivity contribution in [3.8, 4) is 0 Å². The molecule has 2 heteroatoms. The summed E-state index contributed by atoms with van der Waals surface area (Å²) >= 11 is 0. The van der Waals surface area contributed by atoms with E-state index in [9.17, 15) is 0 Å². The van der Waals surface area contributed by atoms with Crippen molar-refractivity contribution in [3.05, 3.63) is 0 Å². The summed E-state index contributed by atoms with van der Waals surface area (Å²) in [5.41, 5.74) is 0. The van der Waals surface area contributed by atoms with E-state index in [-0.39, 0.29) is 0 Å². The normalized spacial score (nSPS) is 24.8. The lowest BCUT2D eigenvalue weighted by Crippen LogP contribution is -2.31. The fraction of sp³-hybridized carbons (Fsp3) is 1.00. The molecule has 94 valence electrons. The van der Waals surface area contributed by atoms with Gasteiger partial charge in [0.2, 0.25) is 0 Å². The van der Waals surface area contributed by atoms with Gasteiger partial charge in [-0.1, -0.05) is 25.7 Å². The quantitative estimate of drug-likeness (QED) is 0.570. The maximum absolute atomic E-state index is 3.76. The summed E-state index contributed by atoms with van der Waals surface area (Å²) in [5.74, 6) is 0. The Morgan fingerprint density at radius 2 is 1.56 bits per heavy atom. The van der Waals surface area contributed by atoms with Crippen LogP contribution in [-0.4, -0.2) is 37.1 Å². The molecule has 1 heterocycles. The maximum atomic E-state index is 3.76. The first-order chi connectivity index (χ1) is 7.95. The molecule has 0 bridgehead atoms. The van der Waals surface area contributed by atoms with E-state index in [1.807, 2.05) is 0 Å². The van der Waals surface area contributed by atoms with E-state index in [2.05, 4.69) is 10.2 Å². The van der Waals surface area contributed by atoms with Gasteiger partial charge in [0.25, 0.3) is 0 Å². The van der Waals surface area contributed by atoms with Crippen LogP contribution < -0.4 is 5.32 Å². The monoisotopic (exact) mass is 224 g/mol. The number of rotatable bonds is 5. The molecule has 2 fully saturated rings. The van der Waals surface area contributed by atoms with Gasteiger partial charge in [-0.3, -0.25) is 0 Å². The van der Waals surface area contributed by atoms with Crippen molar-refractivity contribution >= 4 is 0 Å². The van der Waals surface area contributed by atoms with Crippen molar-refractivity contribution in [1.29, 1.82) is 0 Å². The van der Waals surface area contributed by atoms with Gasteiger partial charge in [0, 0.05) is 6.04 Å². The molecular formula is C14H28N2. The standard InChI is InChI=1S/C14H28N2/c1-2-4-9-14(8-3-1)15-10-7-13-16-11-5-6-12-16/h14-15H,1-13H2. The summed E-state index contributed by atoms with van der Waals surface area (Å²) in [6.07, 6.45) is 12.9. The zero-order valence-electron chi connectivity index (χ0n) is 10.7. The molecule has 1 saturated heterocycles. The second-order valence-corrected chi connectivity index (χ2v) is 5.54. The highest BCUT2D eigenvalue weighted by atomic mass is 15.1. The third-order valence-corrected chi connectivity index (χ3v) is 4.14. The van der Waals surface area contributed by atoms with Gasteiger partial charge in [-0.05, 0) is 58.3 Å². The van der Waals surface area contributed by atoms with E-state index in [0.717, 1.165) is 6.04 Å². The molecule has 0 atom stereocenters. The lowest BCUT2D eigenvalue weighted by Gasteiger charge is -2.18. The predicted molar refractivity (Wildman–Crippen MR) is 69.8 cm³/mol. The van der Waals surface area contributed by atoms with E-state index in [0.29, 0.717) is 0 Å². The van der Waals surface area contributed by atoms with Gasteiger partial charge < -0.3 is 10.2 Å². The maximum Gasteiger partial charge on any atom is 0.00670 e. The van der Waals surface area contributed by atoms with Gasteiger partial charge in [-0.15, -0.1) is 0 Å². The minimum atomic E-state index is 0.834. The zero-order valence-corrected chi connectivity index (χ0v) is 10.7. The van der Waals surface area contributed by atoms with E-state index >= 15 is 0 Å². The van der Waals surface area contributed by atoms with Crippen molar-refractivity contribution in [1.82, 2.24) is 10.2 Å². The van der Waals surface area contributed by atoms with E-state index in [1.54, 1.807) is 0 Å². The molecule has 1 aliphatic carbocycles. The van der Waals surface area contributed by atoms with Gasteiger partial charge in [0.05, 0.1) is 0 Å². The lowest BCUT2D eigenvalue weighted by molar-refractivity contribution is 0.325. The minimum absolute atomic E-state index is 0.834. The van der Waals surface area contributed by atoms with Crippen LogP contribution in [0.5, 0.6) is 0 Å². The second-order valence-electron chi connectivity index (χ2n) is 5.54. The van der Waals surface area contributed by atoms with Crippen molar-refractivity contribution in [3.63, 3.8) is 0 Å². The van der Waals surface area contributed by atoms with Crippen LogP contribution in [0.2, 0.25) is 0 Å². The van der Waals surface area contributed by atoms with Crippen LogP contribution >= 0.6 is 0 Å². The Morgan fingerprint density at radius 1 is 0.875 bits per heavy atom. The molecule has 0 aromatic rings. The molecule has 16 heavy (non-hydrogen) atoms. The van der Waals surface area contributed by atoms with Crippen LogP contribution in [0.4, 0.5) is 0 Å². The summed E-state index contributed by atoms with van der Waals surface area (Å²) in [6.45, 7) is 5.26. The Morgan fingerprint density at radius 3 is 2.25 bits per heavy atom. The van der Waals surface area contributed by atoms with E-state index in [1.165, 1.54) is 84.0 Å². The molecule has 1 saturated carbocycles. The van der Waals surface area contributed by atoms with Crippen LogP contribution in [0.3, 0.4) is 0 Å². The molecule has 0 spiro atoms. The van der Waals surface area contributed by atoms with E-state index < -0.39 is 0 Å². The summed E-state index contributed by atoms with van der Waals surface area (Å²) in [6, 6.07) is 0.834. The molecule has 2 nitrogen and oxygen atoms in total. The largest absolute Gasteiger partial charge is 0.314 e. The number of nitrogens with zero attached hydrogens (tertiary/aromatic N) is 1. The highest BCUT2D eigenvalue weighted by Crippen LogP contribution is 2.17. The summed E-state index contributed by atoms with van der Waals surface area (Å²) in [4.78, 5) is 2.62. The molecular weight excluding hydrogens is 196 g/mol. The van der Waals surface area contributed by atoms with Gasteiger partial charge in [-0.25, -0.2) is 0 Å². The van der Waals surface area contributed by atoms with Gasteiger partial charge in [0.1, 0.15) is 0 Å². The van der Waals surface area contributed by atoms with Crippen LogP contribution in [0.25, 0.3) is 0 Å². The molecule has 1 aliphatic heterocycles. The van der Waals surface area contributed by atoms with Crippen LogP contribution in [0, 0.1) is 0 Å². The average molecular weight is 224 g/mol. The Hall–Kier alpha value is -0.0800. The van der Waals surface area contributed by atoms with E-state index in [4.69, 9.17) is 0 Å². The molecule has 2 aliphatic rings. The first-order valence-corrected chi connectivity index (χ1v) is 7.41. The van der Waals surface area contributed by atoms with Crippen LogP contribution in [0.15, 0.2) is 0 Å². The van der Waals surface area contributed by atoms with Gasteiger partial charge in [0.15, 0.2) is 0 Å². The Balaban J connectivity index is 1.49. The molecule has 0 aromatic carbocycles. The SMILES string of the molecule is C1CCCC(NCCCN2CCCC2)CC1. The Labute approximate surface area is 101 Å². The molecule has 1 N–H and O–H groups in total. The molecule has 0 unspecified atom stereocenters. The summed E-state index contributed by atoms with van der Waals surface area (Å²) in [5, 5.41) is 3.76. The minimum Gasteiger partial charge on any atom is -0.314 e. The third kappa shape index (κ3) is 4.42. The Kier molecular flexibility index (Phi) is 5.64. The molecule has 0 amide bonds. The smallest absolute Gasteiger partial charge is 0.00670 e. The van der Waals surface area contributed by atoms with Crippen LogP contribution in [-0.2, 0) is 0 Å². The number of hydrogen-bond acceptors (Lipinski definition) is 2. The van der Waals surface area contributed by atoms with Crippen molar-refractivity contribution in [2.75, 3.05) is 26.2 Å². The number of hydrogen-bond donors (Lipinski definition) is 1. The van der Waals surface area contributed by atoms with Gasteiger partial charge >= 0.3 is 0 Å². The second kappa shape index (κ2) is 7.29. The zero-order chi connectivity index (χ0) is 11.1. The lowest BCUT2D eigenvalue weighted by atomic mass is 10.1. The first-order valence-electron chi connectivity index (χ1n) is 7.41.